The number of carbonyl (C=O) groups is 2. The monoisotopic (exact) mass is 330 g/mol. The van der Waals surface area contributed by atoms with Gasteiger partial charge < -0.3 is 10.6 Å². The van der Waals surface area contributed by atoms with Crippen LogP contribution in [0.25, 0.3) is 0 Å². The molecule has 23 heavy (non-hydrogen) atoms. The molecule has 0 saturated carbocycles. The van der Waals surface area contributed by atoms with Gasteiger partial charge in [-0.05, 0) is 30.2 Å². The fraction of sp³-hybridized carbons (Fsp3) is 0.222. The number of hydrogen-bond donors (Lipinski definition) is 2. The second-order valence-corrected chi connectivity index (χ2v) is 5.78. The zero-order valence-electron chi connectivity index (χ0n) is 12.9. The molecule has 120 valence electrons. The van der Waals surface area contributed by atoms with Gasteiger partial charge in [0.05, 0.1) is 13.0 Å². The first kappa shape index (κ1) is 17.0. The SMILES string of the molecule is Cc1ccc(CNC(=O)CNC(=O)Cc2ccc(Cl)cc2)cc1. The van der Waals surface area contributed by atoms with E-state index in [9.17, 15) is 9.59 Å². The summed E-state index contributed by atoms with van der Waals surface area (Å²) in [7, 11) is 0. The van der Waals surface area contributed by atoms with Crippen molar-refractivity contribution in [3.05, 3.63) is 70.2 Å². The van der Waals surface area contributed by atoms with E-state index in [0.717, 1.165) is 11.1 Å². The molecule has 0 aliphatic rings. The normalized spacial score (nSPS) is 10.2. The summed E-state index contributed by atoms with van der Waals surface area (Å²) in [5.74, 6) is -0.409. The van der Waals surface area contributed by atoms with Gasteiger partial charge in [-0.15, -0.1) is 0 Å². The minimum absolute atomic E-state index is 0.0295. The first-order valence-electron chi connectivity index (χ1n) is 7.36. The molecular weight excluding hydrogens is 312 g/mol. The average molecular weight is 331 g/mol. The lowest BCUT2D eigenvalue weighted by Gasteiger charge is -2.07. The Morgan fingerprint density at radius 1 is 0.870 bits per heavy atom. The molecule has 5 heteroatoms. The molecular formula is C18H19ClN2O2. The molecule has 2 rings (SSSR count). The van der Waals surface area contributed by atoms with E-state index in [-0.39, 0.29) is 24.8 Å². The van der Waals surface area contributed by atoms with Crippen LogP contribution < -0.4 is 10.6 Å². The fourth-order valence-electron chi connectivity index (χ4n) is 2.00. The zero-order valence-corrected chi connectivity index (χ0v) is 13.7. The molecule has 2 amide bonds. The average Bonchev–Trinajstić information content (AvgIpc) is 2.54. The van der Waals surface area contributed by atoms with Crippen molar-refractivity contribution in [3.63, 3.8) is 0 Å². The van der Waals surface area contributed by atoms with E-state index >= 15 is 0 Å². The van der Waals surface area contributed by atoms with Gasteiger partial charge in [-0.2, -0.15) is 0 Å². The Hall–Kier alpha value is -2.33. The first-order valence-corrected chi connectivity index (χ1v) is 7.74. The molecule has 0 aliphatic carbocycles. The van der Waals surface area contributed by atoms with Crippen molar-refractivity contribution < 1.29 is 9.59 Å². The summed E-state index contributed by atoms with van der Waals surface area (Å²) in [6.45, 7) is 2.43. The maximum Gasteiger partial charge on any atom is 0.239 e. The quantitative estimate of drug-likeness (QED) is 0.855. The maximum atomic E-state index is 11.8. The highest BCUT2D eigenvalue weighted by molar-refractivity contribution is 6.30. The highest BCUT2D eigenvalue weighted by Gasteiger charge is 2.06. The summed E-state index contributed by atoms with van der Waals surface area (Å²) in [6, 6.07) is 15.0. The number of hydrogen-bond acceptors (Lipinski definition) is 2. The van der Waals surface area contributed by atoms with Crippen LogP contribution in [0.3, 0.4) is 0 Å². The molecule has 0 fully saturated rings. The number of carbonyl (C=O) groups excluding carboxylic acids is 2. The van der Waals surface area contributed by atoms with Crippen molar-refractivity contribution in [2.24, 2.45) is 0 Å². The van der Waals surface area contributed by atoms with E-state index in [4.69, 9.17) is 11.6 Å². The Morgan fingerprint density at radius 3 is 2.13 bits per heavy atom. The van der Waals surface area contributed by atoms with Crippen molar-refractivity contribution in [2.45, 2.75) is 19.9 Å². The molecule has 4 nitrogen and oxygen atoms in total. The van der Waals surface area contributed by atoms with Crippen LogP contribution in [0.5, 0.6) is 0 Å². The highest BCUT2D eigenvalue weighted by atomic mass is 35.5. The highest BCUT2D eigenvalue weighted by Crippen LogP contribution is 2.09. The lowest BCUT2D eigenvalue weighted by molar-refractivity contribution is -0.125. The van der Waals surface area contributed by atoms with E-state index in [2.05, 4.69) is 10.6 Å². The Bertz CT molecular complexity index is 666. The van der Waals surface area contributed by atoms with Crippen LogP contribution in [0.2, 0.25) is 5.02 Å². The lowest BCUT2D eigenvalue weighted by atomic mass is 10.1. The zero-order chi connectivity index (χ0) is 16.7. The molecule has 0 heterocycles. The van der Waals surface area contributed by atoms with E-state index < -0.39 is 0 Å². The van der Waals surface area contributed by atoms with E-state index in [1.165, 1.54) is 5.56 Å². The number of rotatable bonds is 6. The van der Waals surface area contributed by atoms with Gasteiger partial charge in [0, 0.05) is 11.6 Å². The molecule has 0 atom stereocenters. The summed E-state index contributed by atoms with van der Waals surface area (Å²) in [4.78, 5) is 23.5. The molecule has 2 N–H and O–H groups in total. The van der Waals surface area contributed by atoms with Gasteiger partial charge in [0.1, 0.15) is 0 Å². The third kappa shape index (κ3) is 6.12. The third-order valence-electron chi connectivity index (χ3n) is 3.33. The van der Waals surface area contributed by atoms with Crippen molar-refractivity contribution in [3.8, 4) is 0 Å². The topological polar surface area (TPSA) is 58.2 Å². The summed E-state index contributed by atoms with van der Waals surface area (Å²) in [5, 5.41) is 6.01. The third-order valence-corrected chi connectivity index (χ3v) is 3.59. The number of benzene rings is 2. The molecule has 0 radical (unpaired) electrons. The Kier molecular flexibility index (Phi) is 6.18. The minimum atomic E-state index is -0.213. The van der Waals surface area contributed by atoms with Gasteiger partial charge in [0.2, 0.25) is 11.8 Å². The second-order valence-electron chi connectivity index (χ2n) is 5.34. The molecule has 0 spiro atoms. The van der Waals surface area contributed by atoms with Crippen LogP contribution in [-0.2, 0) is 22.6 Å². The smallest absolute Gasteiger partial charge is 0.239 e. The van der Waals surface area contributed by atoms with Crippen LogP contribution in [0.4, 0.5) is 0 Å². The van der Waals surface area contributed by atoms with Crippen molar-refractivity contribution >= 4 is 23.4 Å². The maximum absolute atomic E-state index is 11.8. The minimum Gasteiger partial charge on any atom is -0.350 e. The van der Waals surface area contributed by atoms with Gasteiger partial charge in [0.25, 0.3) is 0 Å². The standard InChI is InChI=1S/C18H19ClN2O2/c1-13-2-4-15(5-3-13)11-20-18(23)12-21-17(22)10-14-6-8-16(19)9-7-14/h2-9H,10-12H2,1H3,(H,20,23)(H,21,22). The summed E-state index contributed by atoms with van der Waals surface area (Å²) < 4.78 is 0. The molecule has 2 aromatic rings. The van der Waals surface area contributed by atoms with Gasteiger partial charge in [-0.25, -0.2) is 0 Å². The van der Waals surface area contributed by atoms with E-state index in [0.29, 0.717) is 11.6 Å². The fourth-order valence-corrected chi connectivity index (χ4v) is 2.12. The Morgan fingerprint density at radius 2 is 1.48 bits per heavy atom. The summed E-state index contributed by atoms with van der Waals surface area (Å²) in [5.41, 5.74) is 3.05. The van der Waals surface area contributed by atoms with Gasteiger partial charge in [-0.3, -0.25) is 9.59 Å². The van der Waals surface area contributed by atoms with Gasteiger partial charge in [0.15, 0.2) is 0 Å². The number of aryl methyl sites for hydroxylation is 1. The largest absolute Gasteiger partial charge is 0.350 e. The predicted molar refractivity (Wildman–Crippen MR) is 91.2 cm³/mol. The second kappa shape index (κ2) is 8.34. The molecule has 0 aliphatic heterocycles. The van der Waals surface area contributed by atoms with Gasteiger partial charge in [-0.1, -0.05) is 53.6 Å². The van der Waals surface area contributed by atoms with Crippen LogP contribution in [-0.4, -0.2) is 18.4 Å². The lowest BCUT2D eigenvalue weighted by Crippen LogP contribution is -2.37. The van der Waals surface area contributed by atoms with Gasteiger partial charge >= 0.3 is 0 Å². The summed E-state index contributed by atoms with van der Waals surface area (Å²) >= 11 is 5.79. The van der Waals surface area contributed by atoms with Crippen LogP contribution in [0.15, 0.2) is 48.5 Å². The number of nitrogens with one attached hydrogen (secondary N) is 2. The molecule has 0 aromatic heterocycles. The molecule has 0 saturated heterocycles. The van der Waals surface area contributed by atoms with Crippen molar-refractivity contribution in [1.29, 1.82) is 0 Å². The molecule has 0 bridgehead atoms. The van der Waals surface area contributed by atoms with Crippen LogP contribution in [0.1, 0.15) is 16.7 Å². The van der Waals surface area contributed by atoms with Crippen LogP contribution in [0, 0.1) is 6.92 Å². The van der Waals surface area contributed by atoms with Crippen molar-refractivity contribution in [1.82, 2.24) is 10.6 Å². The molecule has 0 unspecified atom stereocenters. The predicted octanol–water partition coefficient (Wildman–Crippen LogP) is 2.62. The van der Waals surface area contributed by atoms with E-state index in [1.54, 1.807) is 24.3 Å². The Labute approximate surface area is 140 Å². The summed E-state index contributed by atoms with van der Waals surface area (Å²) in [6.07, 6.45) is 0.225. The first-order chi connectivity index (χ1) is 11.0. The number of amides is 2. The Balaban J connectivity index is 1.70. The molecule has 2 aromatic carbocycles. The van der Waals surface area contributed by atoms with Crippen molar-refractivity contribution in [2.75, 3.05) is 6.54 Å². The number of halogens is 1. The van der Waals surface area contributed by atoms with E-state index in [1.807, 2.05) is 31.2 Å². The van der Waals surface area contributed by atoms with Crippen LogP contribution >= 0.6 is 11.6 Å².